The van der Waals surface area contributed by atoms with Crippen LogP contribution in [0.5, 0.6) is 0 Å². The van der Waals surface area contributed by atoms with Gasteiger partial charge in [-0.05, 0) is 0 Å². The zero-order valence-electron chi connectivity index (χ0n) is 12.0. The van der Waals surface area contributed by atoms with Crippen LogP contribution in [0.15, 0.2) is 0 Å². The van der Waals surface area contributed by atoms with E-state index in [9.17, 15) is 35.7 Å². The summed E-state index contributed by atoms with van der Waals surface area (Å²) < 4.78 is 15.3. The standard InChI is InChI=1S/C12H22O11/c13-1-3-5(15)6(16)9(19)12(22-3)23-10-4(2-14)21-11(20)8(18)7(10)17/h3-20H,1-2H2/t3-,4-,5?,6?,7?,8-,9-,10?,11+,12-/m1/s1. The Morgan fingerprint density at radius 1 is 0.652 bits per heavy atom. The molecule has 2 saturated heterocycles. The quantitative estimate of drug-likeness (QED) is 0.243. The van der Waals surface area contributed by atoms with Gasteiger partial charge in [-0.1, -0.05) is 0 Å². The van der Waals surface area contributed by atoms with Crippen molar-refractivity contribution in [2.75, 3.05) is 13.2 Å². The zero-order chi connectivity index (χ0) is 17.3. The van der Waals surface area contributed by atoms with E-state index in [0.717, 1.165) is 0 Å². The normalized spacial score (nSPS) is 51.7. The molecule has 0 spiro atoms. The first kappa shape index (κ1) is 18.9. The summed E-state index contributed by atoms with van der Waals surface area (Å²) in [7, 11) is 0. The van der Waals surface area contributed by atoms with Crippen LogP contribution in [0, 0.1) is 0 Å². The van der Waals surface area contributed by atoms with E-state index in [1.165, 1.54) is 0 Å². The minimum absolute atomic E-state index is 0.667. The molecular weight excluding hydrogens is 320 g/mol. The Labute approximate surface area is 130 Å². The van der Waals surface area contributed by atoms with Crippen LogP contribution in [0.1, 0.15) is 0 Å². The van der Waals surface area contributed by atoms with Gasteiger partial charge in [-0.2, -0.15) is 0 Å². The molecule has 0 bridgehead atoms. The molecule has 2 fully saturated rings. The summed E-state index contributed by atoms with van der Waals surface area (Å²) >= 11 is 0. The Kier molecular flexibility index (Phi) is 6.27. The van der Waals surface area contributed by atoms with Gasteiger partial charge < -0.3 is 55.1 Å². The summed E-state index contributed by atoms with van der Waals surface area (Å²) in [5.74, 6) is 0. The molecule has 11 nitrogen and oxygen atoms in total. The average molecular weight is 342 g/mol. The van der Waals surface area contributed by atoms with E-state index >= 15 is 0 Å². The molecule has 8 N–H and O–H groups in total. The molecule has 0 aromatic heterocycles. The summed E-state index contributed by atoms with van der Waals surface area (Å²) in [5.41, 5.74) is 0. The second kappa shape index (κ2) is 7.63. The third kappa shape index (κ3) is 3.65. The second-order valence-corrected chi connectivity index (χ2v) is 5.53. The Hall–Kier alpha value is -0.440. The molecule has 2 aliphatic heterocycles. The summed E-state index contributed by atoms with van der Waals surface area (Å²) in [6.45, 7) is -1.35. The number of rotatable bonds is 4. The van der Waals surface area contributed by atoms with Gasteiger partial charge >= 0.3 is 0 Å². The lowest BCUT2D eigenvalue weighted by molar-refractivity contribution is -0.355. The molecule has 2 aliphatic rings. The first-order valence-electron chi connectivity index (χ1n) is 7.08. The van der Waals surface area contributed by atoms with Crippen molar-refractivity contribution in [1.82, 2.24) is 0 Å². The number of hydrogen-bond acceptors (Lipinski definition) is 11. The van der Waals surface area contributed by atoms with Gasteiger partial charge in [0.15, 0.2) is 12.6 Å². The van der Waals surface area contributed by atoms with Crippen molar-refractivity contribution in [2.24, 2.45) is 0 Å². The predicted octanol–water partition coefficient (Wildman–Crippen LogP) is -5.40. The first-order valence-corrected chi connectivity index (χ1v) is 7.08. The highest BCUT2D eigenvalue weighted by molar-refractivity contribution is 4.93. The van der Waals surface area contributed by atoms with Crippen molar-refractivity contribution in [2.45, 2.75) is 61.4 Å². The smallest absolute Gasteiger partial charge is 0.187 e. The minimum Gasteiger partial charge on any atom is -0.394 e. The van der Waals surface area contributed by atoms with Gasteiger partial charge in [0.05, 0.1) is 13.2 Å². The fraction of sp³-hybridized carbons (Fsp3) is 1.00. The number of aliphatic hydroxyl groups is 8. The highest BCUT2D eigenvalue weighted by atomic mass is 16.7. The molecule has 2 heterocycles. The maximum Gasteiger partial charge on any atom is 0.187 e. The molecule has 10 atom stereocenters. The average Bonchev–Trinajstić information content (AvgIpc) is 2.55. The Morgan fingerprint density at radius 3 is 1.83 bits per heavy atom. The maximum atomic E-state index is 9.94. The number of ether oxygens (including phenoxy) is 3. The minimum atomic E-state index is -1.74. The molecule has 0 amide bonds. The molecule has 0 aromatic carbocycles. The zero-order valence-corrected chi connectivity index (χ0v) is 12.0. The van der Waals surface area contributed by atoms with E-state index < -0.39 is 74.6 Å². The monoisotopic (exact) mass is 342 g/mol. The lowest BCUT2D eigenvalue weighted by Crippen LogP contribution is -2.64. The highest BCUT2D eigenvalue weighted by Gasteiger charge is 2.50. The van der Waals surface area contributed by atoms with E-state index in [-0.39, 0.29) is 0 Å². The van der Waals surface area contributed by atoms with Crippen LogP contribution in [0.25, 0.3) is 0 Å². The van der Waals surface area contributed by atoms with Crippen LogP contribution < -0.4 is 0 Å². The topological polar surface area (TPSA) is 190 Å². The van der Waals surface area contributed by atoms with Crippen molar-refractivity contribution in [1.29, 1.82) is 0 Å². The lowest BCUT2D eigenvalue weighted by Gasteiger charge is -2.45. The molecule has 136 valence electrons. The summed E-state index contributed by atoms with van der Waals surface area (Å²) in [6, 6.07) is 0. The third-order valence-electron chi connectivity index (χ3n) is 3.98. The summed E-state index contributed by atoms with van der Waals surface area (Å²) in [6.07, 6.45) is -15.6. The number of aliphatic hydroxyl groups excluding tert-OH is 8. The van der Waals surface area contributed by atoms with E-state index in [1.807, 2.05) is 0 Å². The van der Waals surface area contributed by atoms with E-state index in [0.29, 0.717) is 0 Å². The lowest BCUT2D eigenvalue weighted by atomic mass is 9.97. The van der Waals surface area contributed by atoms with Crippen LogP contribution in [-0.4, -0.2) is 115 Å². The van der Waals surface area contributed by atoms with Crippen molar-refractivity contribution >= 4 is 0 Å². The van der Waals surface area contributed by atoms with Gasteiger partial charge in [-0.25, -0.2) is 0 Å². The van der Waals surface area contributed by atoms with Crippen LogP contribution in [-0.2, 0) is 14.2 Å². The van der Waals surface area contributed by atoms with Crippen molar-refractivity contribution in [3.63, 3.8) is 0 Å². The van der Waals surface area contributed by atoms with Gasteiger partial charge in [0, 0.05) is 0 Å². The predicted molar refractivity (Wildman–Crippen MR) is 68.6 cm³/mol. The summed E-state index contributed by atoms with van der Waals surface area (Å²) in [4.78, 5) is 0. The fourth-order valence-electron chi connectivity index (χ4n) is 2.57. The van der Waals surface area contributed by atoms with Gasteiger partial charge in [0.2, 0.25) is 0 Å². The Bertz CT molecular complexity index is 378. The third-order valence-corrected chi connectivity index (χ3v) is 3.98. The van der Waals surface area contributed by atoms with Crippen LogP contribution in [0.2, 0.25) is 0 Å². The van der Waals surface area contributed by atoms with E-state index in [4.69, 9.17) is 19.3 Å². The molecule has 0 aromatic rings. The van der Waals surface area contributed by atoms with Crippen LogP contribution in [0.3, 0.4) is 0 Å². The van der Waals surface area contributed by atoms with Crippen molar-refractivity contribution in [3.8, 4) is 0 Å². The Morgan fingerprint density at radius 2 is 1.26 bits per heavy atom. The fourth-order valence-corrected chi connectivity index (χ4v) is 2.57. The molecule has 2 rings (SSSR count). The van der Waals surface area contributed by atoms with Crippen LogP contribution >= 0.6 is 0 Å². The molecule has 11 heteroatoms. The Balaban J connectivity index is 2.11. The van der Waals surface area contributed by atoms with Gasteiger partial charge in [0.25, 0.3) is 0 Å². The van der Waals surface area contributed by atoms with Gasteiger partial charge in [0.1, 0.15) is 48.8 Å². The number of hydrogen-bond donors (Lipinski definition) is 8. The largest absolute Gasteiger partial charge is 0.394 e. The van der Waals surface area contributed by atoms with Crippen LogP contribution in [0.4, 0.5) is 0 Å². The maximum absolute atomic E-state index is 9.94. The molecule has 0 aliphatic carbocycles. The SMILES string of the molecule is OC[C@H]1O[C@H](OC2C(O)[C@@H](O)[C@@H](O)O[C@@H]2CO)[C@H](O)C(O)C1O. The van der Waals surface area contributed by atoms with Crippen molar-refractivity contribution in [3.05, 3.63) is 0 Å². The van der Waals surface area contributed by atoms with E-state index in [2.05, 4.69) is 0 Å². The van der Waals surface area contributed by atoms with Gasteiger partial charge in [-0.15, -0.1) is 0 Å². The second-order valence-electron chi connectivity index (χ2n) is 5.53. The first-order chi connectivity index (χ1) is 10.8. The molecule has 0 radical (unpaired) electrons. The van der Waals surface area contributed by atoms with Gasteiger partial charge in [-0.3, -0.25) is 0 Å². The molecular formula is C12H22O11. The molecule has 4 unspecified atom stereocenters. The van der Waals surface area contributed by atoms with E-state index in [1.54, 1.807) is 0 Å². The summed E-state index contributed by atoms with van der Waals surface area (Å²) in [5, 5.41) is 76.5. The highest BCUT2D eigenvalue weighted by Crippen LogP contribution is 2.28. The molecule has 0 saturated carbocycles. The molecule has 23 heavy (non-hydrogen) atoms. The van der Waals surface area contributed by atoms with Crippen molar-refractivity contribution < 1.29 is 55.1 Å².